The Kier molecular flexibility index (Phi) is 8.02. The fourth-order valence-corrected chi connectivity index (χ4v) is 5.49. The molecule has 0 aromatic heterocycles. The van der Waals surface area contributed by atoms with E-state index in [0.29, 0.717) is 38.1 Å². The maximum absolute atomic E-state index is 13.0. The van der Waals surface area contributed by atoms with Gasteiger partial charge >= 0.3 is 12.1 Å². The number of hydrogen-bond donors (Lipinski definition) is 2. The van der Waals surface area contributed by atoms with Crippen LogP contribution in [0.3, 0.4) is 0 Å². The first-order valence-corrected chi connectivity index (χ1v) is 14.0. The molecule has 0 saturated carbocycles. The molecule has 2 aromatic carbocycles. The van der Waals surface area contributed by atoms with Gasteiger partial charge in [-0.1, -0.05) is 30.3 Å². The third-order valence-electron chi connectivity index (χ3n) is 7.56. The summed E-state index contributed by atoms with van der Waals surface area (Å²) in [5.74, 6) is -0.712. The van der Waals surface area contributed by atoms with Crippen LogP contribution in [0.4, 0.5) is 4.79 Å². The van der Waals surface area contributed by atoms with Crippen molar-refractivity contribution in [2.75, 3.05) is 32.8 Å². The molecule has 10 heteroatoms. The molecule has 3 aliphatic rings. The van der Waals surface area contributed by atoms with Gasteiger partial charge in [-0.25, -0.2) is 9.59 Å². The van der Waals surface area contributed by atoms with Gasteiger partial charge in [-0.05, 0) is 62.6 Å². The number of nitrogens with one attached hydrogen (secondary N) is 2. The van der Waals surface area contributed by atoms with Crippen molar-refractivity contribution in [1.82, 2.24) is 15.5 Å². The van der Waals surface area contributed by atoms with Crippen molar-refractivity contribution < 1.29 is 28.6 Å². The molecule has 2 fully saturated rings. The number of esters is 1. The third-order valence-corrected chi connectivity index (χ3v) is 7.56. The topological polar surface area (TPSA) is 130 Å². The molecule has 0 radical (unpaired) electrons. The van der Waals surface area contributed by atoms with Crippen LogP contribution in [-0.2, 0) is 31.0 Å². The highest BCUT2D eigenvalue weighted by Gasteiger charge is 2.47. The average molecular weight is 561 g/mol. The number of benzene rings is 2. The number of nitrogens with zero attached hydrogens (tertiary/aromatic N) is 2. The van der Waals surface area contributed by atoms with E-state index in [2.05, 4.69) is 16.7 Å². The van der Waals surface area contributed by atoms with E-state index in [4.69, 9.17) is 14.2 Å². The second kappa shape index (κ2) is 11.5. The fourth-order valence-electron chi connectivity index (χ4n) is 5.49. The number of fused-ring (bicyclic) bond motifs is 2. The molecule has 3 heterocycles. The molecule has 1 unspecified atom stereocenters. The summed E-state index contributed by atoms with van der Waals surface area (Å²) in [6.07, 6.45) is 0.266. The Hall–Kier alpha value is -3.94. The first-order valence-electron chi connectivity index (χ1n) is 14.0. The van der Waals surface area contributed by atoms with E-state index in [1.165, 1.54) is 4.90 Å². The van der Waals surface area contributed by atoms with E-state index in [1.54, 1.807) is 20.8 Å². The highest BCUT2D eigenvalue weighted by atomic mass is 16.6. The minimum Gasteiger partial charge on any atom is -0.449 e. The molecule has 41 heavy (non-hydrogen) atoms. The standard InChI is InChI=1S/C31H36N4O6/c1-30(2,3)41-29(38)35-13-4-14-39-26(18-35)27(36)34-23(17-32)15-20-5-7-21(8-6-20)22-9-10-24-25(16-22)31(40-28(24)37)11-12-33-19-31/h5-10,16,23,26,33H,4,11-15,18-19H2,1-3H3,(H,34,36)/t23-,26-,31?/m0/s1. The van der Waals surface area contributed by atoms with Crippen LogP contribution in [0.1, 0.15) is 55.1 Å². The second-order valence-electron chi connectivity index (χ2n) is 11.8. The quantitative estimate of drug-likeness (QED) is 0.533. The Balaban J connectivity index is 1.22. The molecule has 3 aliphatic heterocycles. The van der Waals surface area contributed by atoms with Gasteiger partial charge in [0.2, 0.25) is 0 Å². The lowest BCUT2D eigenvalue weighted by Gasteiger charge is -2.27. The lowest BCUT2D eigenvalue weighted by atomic mass is 9.88. The lowest BCUT2D eigenvalue weighted by Crippen LogP contribution is -2.48. The Morgan fingerprint density at radius 2 is 1.98 bits per heavy atom. The van der Waals surface area contributed by atoms with E-state index in [1.807, 2.05) is 42.5 Å². The summed E-state index contributed by atoms with van der Waals surface area (Å²) < 4.78 is 16.9. The van der Waals surface area contributed by atoms with Crippen molar-refractivity contribution >= 4 is 18.0 Å². The van der Waals surface area contributed by atoms with Gasteiger partial charge in [0.25, 0.3) is 5.91 Å². The zero-order valence-electron chi connectivity index (χ0n) is 23.7. The molecule has 0 aliphatic carbocycles. The van der Waals surface area contributed by atoms with Gasteiger partial charge in [0.1, 0.15) is 11.6 Å². The maximum atomic E-state index is 13.0. The molecule has 1 spiro atoms. The lowest BCUT2D eigenvalue weighted by molar-refractivity contribution is -0.133. The summed E-state index contributed by atoms with van der Waals surface area (Å²) in [6.45, 7) is 7.60. The van der Waals surface area contributed by atoms with E-state index >= 15 is 0 Å². The first kappa shape index (κ1) is 28.6. The number of nitriles is 1. The van der Waals surface area contributed by atoms with Crippen LogP contribution >= 0.6 is 0 Å². The summed E-state index contributed by atoms with van der Waals surface area (Å²) in [6, 6.07) is 15.0. The number of hydrogen-bond acceptors (Lipinski definition) is 8. The number of amides is 2. The van der Waals surface area contributed by atoms with Gasteiger partial charge in [-0.15, -0.1) is 0 Å². The molecule has 2 N–H and O–H groups in total. The largest absolute Gasteiger partial charge is 0.449 e. The van der Waals surface area contributed by atoms with E-state index < -0.39 is 35.3 Å². The highest BCUT2D eigenvalue weighted by Crippen LogP contribution is 2.42. The van der Waals surface area contributed by atoms with Crippen LogP contribution < -0.4 is 10.6 Å². The predicted octanol–water partition coefficient (Wildman–Crippen LogP) is 3.29. The monoisotopic (exact) mass is 560 g/mol. The van der Waals surface area contributed by atoms with Crippen LogP contribution in [0.5, 0.6) is 0 Å². The average Bonchev–Trinajstić information content (AvgIpc) is 3.41. The number of carbonyl (C=O) groups is 3. The van der Waals surface area contributed by atoms with E-state index in [-0.39, 0.29) is 12.5 Å². The molecule has 10 nitrogen and oxygen atoms in total. The minimum atomic E-state index is -0.891. The van der Waals surface area contributed by atoms with Gasteiger partial charge in [-0.2, -0.15) is 5.26 Å². The summed E-state index contributed by atoms with van der Waals surface area (Å²) in [5, 5.41) is 15.8. The van der Waals surface area contributed by atoms with Gasteiger partial charge in [0, 0.05) is 38.1 Å². The van der Waals surface area contributed by atoms with Gasteiger partial charge in [-0.3, -0.25) is 4.79 Å². The van der Waals surface area contributed by atoms with Crippen LogP contribution in [-0.4, -0.2) is 73.4 Å². The molecule has 2 amide bonds. The Labute approximate surface area is 239 Å². The normalized spacial score (nSPS) is 22.8. The number of carbonyl (C=O) groups excluding carboxylic acids is 3. The highest BCUT2D eigenvalue weighted by molar-refractivity contribution is 5.95. The molecular weight excluding hydrogens is 524 g/mol. The number of ether oxygens (including phenoxy) is 3. The van der Waals surface area contributed by atoms with Crippen molar-refractivity contribution in [3.05, 3.63) is 59.2 Å². The molecule has 5 rings (SSSR count). The van der Waals surface area contributed by atoms with Gasteiger partial charge in [0.05, 0.1) is 18.2 Å². The summed E-state index contributed by atoms with van der Waals surface area (Å²) >= 11 is 0. The zero-order chi connectivity index (χ0) is 29.2. The molecule has 2 saturated heterocycles. The van der Waals surface area contributed by atoms with Crippen LogP contribution in [0.2, 0.25) is 0 Å². The van der Waals surface area contributed by atoms with Crippen molar-refractivity contribution in [2.45, 2.75) is 63.4 Å². The Morgan fingerprint density at radius 1 is 1.22 bits per heavy atom. The fraction of sp³-hybridized carbons (Fsp3) is 0.484. The Morgan fingerprint density at radius 3 is 2.66 bits per heavy atom. The molecule has 3 atom stereocenters. The zero-order valence-corrected chi connectivity index (χ0v) is 23.7. The SMILES string of the molecule is CC(C)(C)OC(=O)N1CCCO[C@H](C(=O)N[C@H](C#N)Cc2ccc(-c3ccc4c(c3)C3(CCNC3)OC4=O)cc2)C1. The maximum Gasteiger partial charge on any atom is 0.410 e. The summed E-state index contributed by atoms with van der Waals surface area (Å²) in [5.41, 5.74) is 3.14. The van der Waals surface area contributed by atoms with Crippen LogP contribution in [0.15, 0.2) is 42.5 Å². The van der Waals surface area contributed by atoms with Crippen LogP contribution in [0, 0.1) is 11.3 Å². The second-order valence-corrected chi connectivity index (χ2v) is 11.8. The van der Waals surface area contributed by atoms with Gasteiger partial charge < -0.3 is 29.7 Å². The summed E-state index contributed by atoms with van der Waals surface area (Å²) in [7, 11) is 0. The van der Waals surface area contributed by atoms with Crippen molar-refractivity contribution in [1.29, 1.82) is 5.26 Å². The smallest absolute Gasteiger partial charge is 0.410 e. The molecule has 2 aromatic rings. The predicted molar refractivity (Wildman–Crippen MR) is 150 cm³/mol. The first-order chi connectivity index (χ1) is 19.6. The minimum absolute atomic E-state index is 0.0579. The molecule has 0 bridgehead atoms. The molecule has 216 valence electrons. The van der Waals surface area contributed by atoms with E-state index in [9.17, 15) is 19.6 Å². The Bertz CT molecular complexity index is 1350. The number of rotatable bonds is 5. The van der Waals surface area contributed by atoms with Crippen LogP contribution in [0.25, 0.3) is 11.1 Å². The van der Waals surface area contributed by atoms with Crippen molar-refractivity contribution in [3.8, 4) is 17.2 Å². The third kappa shape index (κ3) is 6.37. The van der Waals surface area contributed by atoms with Crippen molar-refractivity contribution in [3.63, 3.8) is 0 Å². The van der Waals surface area contributed by atoms with Crippen molar-refractivity contribution in [2.24, 2.45) is 0 Å². The molecular formula is C31H36N4O6. The summed E-state index contributed by atoms with van der Waals surface area (Å²) in [4.78, 5) is 39.5. The van der Waals surface area contributed by atoms with E-state index in [0.717, 1.165) is 35.2 Å². The van der Waals surface area contributed by atoms with Gasteiger partial charge in [0.15, 0.2) is 11.7 Å².